The number of anilines is 2. The van der Waals surface area contributed by atoms with Crippen molar-refractivity contribution in [3.63, 3.8) is 0 Å². The van der Waals surface area contributed by atoms with Crippen molar-refractivity contribution in [1.82, 2.24) is 10.1 Å². The van der Waals surface area contributed by atoms with Crippen LogP contribution < -0.4 is 10.6 Å². The number of rotatable bonds is 7. The van der Waals surface area contributed by atoms with E-state index in [4.69, 9.17) is 4.52 Å². The van der Waals surface area contributed by atoms with Crippen molar-refractivity contribution in [3.8, 4) is 0 Å². The van der Waals surface area contributed by atoms with Gasteiger partial charge in [0.2, 0.25) is 5.91 Å². The van der Waals surface area contributed by atoms with Crippen LogP contribution in [0.1, 0.15) is 40.7 Å². The topological polar surface area (TPSA) is 97.1 Å². The second kappa shape index (κ2) is 9.38. The molecule has 2 amide bonds. The zero-order chi connectivity index (χ0) is 20.8. The minimum Gasteiger partial charge on any atom is -0.361 e. The third kappa shape index (κ3) is 5.45. The number of pyridine rings is 1. The number of aryl methyl sites for hydroxylation is 2. The number of hydrogen-bond acceptors (Lipinski definition) is 6. The van der Waals surface area contributed by atoms with Crippen molar-refractivity contribution in [2.24, 2.45) is 0 Å². The second-order valence-electron chi connectivity index (χ2n) is 6.46. The Morgan fingerprint density at radius 1 is 1.14 bits per heavy atom. The van der Waals surface area contributed by atoms with Crippen LogP contribution in [0.4, 0.5) is 11.4 Å². The zero-order valence-corrected chi connectivity index (χ0v) is 17.3. The maximum Gasteiger partial charge on any atom is 0.258 e. The van der Waals surface area contributed by atoms with Gasteiger partial charge in [0.15, 0.2) is 0 Å². The minimum absolute atomic E-state index is 0.0832. The monoisotopic (exact) mass is 410 g/mol. The van der Waals surface area contributed by atoms with E-state index in [1.807, 2.05) is 32.0 Å². The van der Waals surface area contributed by atoms with Gasteiger partial charge in [-0.05, 0) is 43.7 Å². The van der Waals surface area contributed by atoms with Crippen molar-refractivity contribution in [3.05, 3.63) is 65.2 Å². The van der Waals surface area contributed by atoms with Gasteiger partial charge in [0, 0.05) is 35.8 Å². The molecule has 0 aliphatic heterocycles. The predicted molar refractivity (Wildman–Crippen MR) is 113 cm³/mol. The number of hydrogen-bond donors (Lipinski definition) is 2. The van der Waals surface area contributed by atoms with Crippen LogP contribution in [0.5, 0.6) is 0 Å². The minimum atomic E-state index is -0.265. The second-order valence-corrected chi connectivity index (χ2v) is 7.42. The Balaban J connectivity index is 1.75. The molecule has 0 unspecified atom stereocenters. The molecular weight excluding hydrogens is 388 g/mol. The van der Waals surface area contributed by atoms with E-state index in [-0.39, 0.29) is 11.8 Å². The van der Waals surface area contributed by atoms with Gasteiger partial charge in [0.1, 0.15) is 10.8 Å². The number of benzene rings is 1. The van der Waals surface area contributed by atoms with Crippen LogP contribution in [0.15, 0.2) is 52.1 Å². The smallest absolute Gasteiger partial charge is 0.258 e. The number of thioether (sulfide) groups is 1. The summed E-state index contributed by atoms with van der Waals surface area (Å²) in [5.41, 5.74) is 3.43. The fourth-order valence-electron chi connectivity index (χ4n) is 2.58. The molecule has 0 aliphatic carbocycles. The zero-order valence-electron chi connectivity index (χ0n) is 16.5. The fraction of sp³-hybridized carbons (Fsp3) is 0.238. The summed E-state index contributed by atoms with van der Waals surface area (Å²) in [6, 6.07) is 10.7. The number of carbonyl (C=O) groups is 2. The van der Waals surface area contributed by atoms with Crippen molar-refractivity contribution in [1.29, 1.82) is 0 Å². The van der Waals surface area contributed by atoms with Crippen LogP contribution in [-0.2, 0) is 10.5 Å². The summed E-state index contributed by atoms with van der Waals surface area (Å²) in [4.78, 5) is 28.9. The first-order valence-electron chi connectivity index (χ1n) is 9.18. The Kier molecular flexibility index (Phi) is 6.66. The standard InChI is InChI=1S/C21H22N4O3S/c1-4-19(26)23-15-8-7-13(2)18(11-15)24-20(27)17-6-5-9-22-21(17)29-12-16-10-14(3)28-25-16/h5-11H,4,12H2,1-3H3,(H,23,26)(H,24,27). The quantitative estimate of drug-likeness (QED) is 0.554. The van der Waals surface area contributed by atoms with Gasteiger partial charge in [-0.2, -0.15) is 0 Å². The first-order chi connectivity index (χ1) is 14.0. The highest BCUT2D eigenvalue weighted by atomic mass is 32.2. The molecule has 8 heteroatoms. The van der Waals surface area contributed by atoms with Crippen LogP contribution in [-0.4, -0.2) is 22.0 Å². The number of nitrogens with zero attached hydrogens (tertiary/aromatic N) is 2. The van der Waals surface area contributed by atoms with Crippen molar-refractivity contribution >= 4 is 35.0 Å². The first kappa shape index (κ1) is 20.6. The molecule has 0 spiro atoms. The van der Waals surface area contributed by atoms with E-state index in [1.165, 1.54) is 11.8 Å². The van der Waals surface area contributed by atoms with Gasteiger partial charge in [0.05, 0.1) is 11.3 Å². The van der Waals surface area contributed by atoms with E-state index in [2.05, 4.69) is 20.8 Å². The Bertz CT molecular complexity index is 1030. The molecule has 1 aromatic carbocycles. The molecule has 0 saturated carbocycles. The molecule has 0 bridgehead atoms. The Morgan fingerprint density at radius 3 is 2.69 bits per heavy atom. The normalized spacial score (nSPS) is 10.6. The first-order valence-corrected chi connectivity index (χ1v) is 10.2. The summed E-state index contributed by atoms with van der Waals surface area (Å²) in [5.74, 6) is 0.941. The van der Waals surface area contributed by atoms with Gasteiger partial charge >= 0.3 is 0 Å². The molecule has 2 heterocycles. The summed E-state index contributed by atoms with van der Waals surface area (Å²) >= 11 is 1.42. The van der Waals surface area contributed by atoms with E-state index in [1.54, 1.807) is 31.3 Å². The largest absolute Gasteiger partial charge is 0.361 e. The molecule has 3 rings (SSSR count). The van der Waals surface area contributed by atoms with Gasteiger partial charge in [-0.25, -0.2) is 4.98 Å². The molecule has 0 atom stereocenters. The third-order valence-corrected chi connectivity index (χ3v) is 5.18. The van der Waals surface area contributed by atoms with Crippen molar-refractivity contribution < 1.29 is 14.1 Å². The highest BCUT2D eigenvalue weighted by molar-refractivity contribution is 7.98. The van der Waals surface area contributed by atoms with Gasteiger partial charge in [-0.3, -0.25) is 9.59 Å². The molecule has 0 saturated heterocycles. The van der Waals surface area contributed by atoms with Crippen LogP contribution in [0.25, 0.3) is 0 Å². The lowest BCUT2D eigenvalue weighted by atomic mass is 10.1. The fourth-order valence-corrected chi connectivity index (χ4v) is 3.45. The molecule has 7 nitrogen and oxygen atoms in total. The lowest BCUT2D eigenvalue weighted by molar-refractivity contribution is -0.115. The molecular formula is C21H22N4O3S. The van der Waals surface area contributed by atoms with E-state index < -0.39 is 0 Å². The van der Waals surface area contributed by atoms with Crippen LogP contribution in [0.3, 0.4) is 0 Å². The number of amides is 2. The molecule has 2 N–H and O–H groups in total. The molecule has 0 aliphatic rings. The summed E-state index contributed by atoms with van der Waals surface area (Å²) in [7, 11) is 0. The molecule has 0 radical (unpaired) electrons. The van der Waals surface area contributed by atoms with E-state index in [9.17, 15) is 9.59 Å². The van der Waals surface area contributed by atoms with Gasteiger partial charge in [-0.15, -0.1) is 0 Å². The number of carbonyl (C=O) groups excluding carboxylic acids is 2. The molecule has 3 aromatic rings. The van der Waals surface area contributed by atoms with Crippen LogP contribution in [0, 0.1) is 13.8 Å². The summed E-state index contributed by atoms with van der Waals surface area (Å²) in [6.45, 7) is 5.52. The maximum absolute atomic E-state index is 12.9. The maximum atomic E-state index is 12.9. The van der Waals surface area contributed by atoms with E-state index >= 15 is 0 Å². The Labute approximate surface area is 173 Å². The third-order valence-electron chi connectivity index (χ3n) is 4.14. The Hall–Kier alpha value is -3.13. The summed E-state index contributed by atoms with van der Waals surface area (Å²) in [6.07, 6.45) is 2.04. The highest BCUT2D eigenvalue weighted by Crippen LogP contribution is 2.26. The Morgan fingerprint density at radius 2 is 1.97 bits per heavy atom. The SMILES string of the molecule is CCC(=O)Nc1ccc(C)c(NC(=O)c2cccnc2SCc2cc(C)on2)c1. The average molecular weight is 410 g/mol. The van der Waals surface area contributed by atoms with Gasteiger partial charge in [-0.1, -0.05) is 29.9 Å². The molecule has 150 valence electrons. The molecule has 29 heavy (non-hydrogen) atoms. The number of aromatic nitrogens is 2. The summed E-state index contributed by atoms with van der Waals surface area (Å²) < 4.78 is 5.08. The summed E-state index contributed by atoms with van der Waals surface area (Å²) in [5, 5.41) is 10.3. The molecule has 2 aromatic heterocycles. The molecule has 0 fully saturated rings. The van der Waals surface area contributed by atoms with Gasteiger partial charge in [0.25, 0.3) is 5.91 Å². The van der Waals surface area contributed by atoms with Crippen LogP contribution >= 0.6 is 11.8 Å². The number of nitrogens with one attached hydrogen (secondary N) is 2. The lowest BCUT2D eigenvalue weighted by Gasteiger charge is -2.12. The predicted octanol–water partition coefficient (Wildman–Crippen LogP) is 4.58. The van der Waals surface area contributed by atoms with Crippen LogP contribution in [0.2, 0.25) is 0 Å². The van der Waals surface area contributed by atoms with Crippen molar-refractivity contribution in [2.45, 2.75) is 38.0 Å². The average Bonchev–Trinajstić information content (AvgIpc) is 3.14. The van der Waals surface area contributed by atoms with Crippen molar-refractivity contribution in [2.75, 3.05) is 10.6 Å². The van der Waals surface area contributed by atoms with E-state index in [0.717, 1.165) is 17.0 Å². The van der Waals surface area contributed by atoms with E-state index in [0.29, 0.717) is 34.1 Å². The van der Waals surface area contributed by atoms with Gasteiger partial charge < -0.3 is 15.2 Å². The highest BCUT2D eigenvalue weighted by Gasteiger charge is 2.15. The lowest BCUT2D eigenvalue weighted by Crippen LogP contribution is -2.15.